The smallest absolute Gasteiger partial charge is 0.221 e. The molecule has 0 heterocycles. The lowest BCUT2D eigenvalue weighted by atomic mass is 10.00. The van der Waals surface area contributed by atoms with Crippen molar-refractivity contribution in [3.63, 3.8) is 0 Å². The minimum absolute atomic E-state index is 0.0918. The summed E-state index contributed by atoms with van der Waals surface area (Å²) < 4.78 is 95.1. The standard InChI is InChI=1S/C35H36FNO4.C33H34FNO3.C24H24ClFO2.2C11H13NO2/c1-4-11-30-32(37-25(3)38)14-9-15-33(30)39-20-10-21-40-34-23-35(41-24-26-12-7-6-8-13-26)31(22-27(34)5-2)28-16-18-29(36)19-17-28;1-3-10-28-30(35)13-8-14-31(28)36-19-9-20-37-32-22-33(38-23-24-11-6-5-7-12-24)29(21-25(32)4-2)26-15-17-27(34)18-16-26;1-2-19-15-22(20-9-11-21(26)12-10-20)24(16-23(19)27-14-6-13-25)28-17-18-7-4-3-5-8-18;1-3-7-14-11-6-4-5-10(8-11)12-9(2)13;1-3-5-9-10(12-8(2)13)6-4-7-11(9)14/h4,6-9,12-19,22-23H,1,5,10-11,20-21,24H2,2-3H3,(H,37,38);3,5-8,11-18,21-22H,1,4,9-10,19-20,23,35H2,2H3;3-5,7-12,15-16H,2,6,13-14,17H2,1H3;3-6,8H,1,7H2,2H3,(H,12,13);3-4,6-7,14H,1,5H2,2H3,(H,12,13). The van der Waals surface area contributed by atoms with Crippen LogP contribution in [0.15, 0.2) is 330 Å². The van der Waals surface area contributed by atoms with E-state index < -0.39 is 0 Å². The van der Waals surface area contributed by atoms with Gasteiger partial charge in [-0.15, -0.1) is 31.3 Å². The number of alkyl halides is 1. The largest absolute Gasteiger partial charge is 0.508 e. The highest BCUT2D eigenvalue weighted by Crippen LogP contribution is 2.42. The van der Waals surface area contributed by atoms with Crippen LogP contribution in [0.5, 0.6) is 57.5 Å². The predicted molar refractivity (Wildman–Crippen MR) is 540 cm³/mol. The van der Waals surface area contributed by atoms with Crippen molar-refractivity contribution in [2.45, 2.75) is 119 Å². The van der Waals surface area contributed by atoms with Crippen LogP contribution in [-0.4, -0.2) is 68.3 Å². The lowest BCUT2D eigenvalue weighted by Crippen LogP contribution is -2.10. The molecule has 0 bridgehead atoms. The van der Waals surface area contributed by atoms with Gasteiger partial charge in [0.25, 0.3) is 0 Å². The molecule has 0 aromatic heterocycles. The lowest BCUT2D eigenvalue weighted by molar-refractivity contribution is -0.115. The first kappa shape index (κ1) is 104. The number of hydrogen-bond acceptors (Lipinski definition) is 14. The molecule has 0 saturated heterocycles. The summed E-state index contributed by atoms with van der Waals surface area (Å²) in [4.78, 5) is 33.2. The average Bonchev–Trinajstić information content (AvgIpc) is 0.806. The van der Waals surface area contributed by atoms with E-state index in [2.05, 4.69) is 81.2 Å². The van der Waals surface area contributed by atoms with Gasteiger partial charge in [0.15, 0.2) is 0 Å². The molecule has 0 aliphatic carbocycles. The number of phenols is 1. The van der Waals surface area contributed by atoms with Crippen molar-refractivity contribution in [2.24, 2.45) is 0 Å². The van der Waals surface area contributed by atoms with E-state index in [1.807, 2.05) is 170 Å². The van der Waals surface area contributed by atoms with Gasteiger partial charge in [0.1, 0.15) is 101 Å². The number of carbonyl (C=O) groups is 3. The zero-order valence-corrected chi connectivity index (χ0v) is 78.3. The van der Waals surface area contributed by atoms with Crippen LogP contribution in [0.1, 0.15) is 111 Å². The summed E-state index contributed by atoms with van der Waals surface area (Å²) in [7, 11) is 0. The fraction of sp³-hybridized carbons (Fsp3) is 0.219. The van der Waals surface area contributed by atoms with Gasteiger partial charge in [0, 0.05) is 120 Å². The van der Waals surface area contributed by atoms with Gasteiger partial charge in [-0.3, -0.25) is 14.4 Å². The summed E-state index contributed by atoms with van der Waals surface area (Å²) in [6.45, 7) is 29.6. The van der Waals surface area contributed by atoms with E-state index in [1.165, 1.54) is 57.2 Å². The Bertz CT molecular complexity index is 5930. The molecule has 13 rings (SSSR count). The van der Waals surface area contributed by atoms with Gasteiger partial charge in [-0.1, -0.05) is 203 Å². The second kappa shape index (κ2) is 56.8. The fourth-order valence-electron chi connectivity index (χ4n) is 14.0. The Morgan fingerprint density at radius 3 is 1.08 bits per heavy atom. The van der Waals surface area contributed by atoms with E-state index in [4.69, 9.17) is 60.0 Å². The number of nitrogen functional groups attached to an aromatic ring is 1. The van der Waals surface area contributed by atoms with Crippen LogP contribution in [0, 0.1) is 17.5 Å². The van der Waals surface area contributed by atoms with Crippen LogP contribution in [0.2, 0.25) is 0 Å². The summed E-state index contributed by atoms with van der Waals surface area (Å²) in [5.74, 6) is 6.18. The van der Waals surface area contributed by atoms with E-state index in [-0.39, 0.29) is 40.9 Å². The van der Waals surface area contributed by atoms with Crippen molar-refractivity contribution in [1.82, 2.24) is 0 Å². The zero-order valence-electron chi connectivity index (χ0n) is 77.6. The zero-order chi connectivity index (χ0) is 96.5. The number of hydrogen-bond donors (Lipinski definition) is 5. The maximum absolute atomic E-state index is 13.6. The number of aryl methyl sites for hydroxylation is 3. The van der Waals surface area contributed by atoms with Crippen LogP contribution in [0.3, 0.4) is 0 Å². The molecule has 0 aliphatic heterocycles. The second-order valence-electron chi connectivity index (χ2n) is 30.8. The normalized spacial score (nSPS) is 10.4. The Hall–Kier alpha value is -14.9. The number of benzene rings is 13. The van der Waals surface area contributed by atoms with Gasteiger partial charge >= 0.3 is 0 Å². The fourth-order valence-corrected chi connectivity index (χ4v) is 14.1. The molecule has 21 heteroatoms. The highest BCUT2D eigenvalue weighted by atomic mass is 35.5. The minimum Gasteiger partial charge on any atom is -0.508 e. The van der Waals surface area contributed by atoms with Crippen molar-refractivity contribution in [3.05, 3.63) is 397 Å². The molecule has 17 nitrogen and oxygen atoms in total. The molecule has 0 fully saturated rings. The second-order valence-corrected chi connectivity index (χ2v) is 31.2. The monoisotopic (exact) mass is 1840 g/mol. The maximum Gasteiger partial charge on any atom is 0.221 e. The van der Waals surface area contributed by atoms with Crippen molar-refractivity contribution < 1.29 is 75.3 Å². The number of halogens is 4. The van der Waals surface area contributed by atoms with Crippen molar-refractivity contribution in [3.8, 4) is 90.9 Å². The van der Waals surface area contributed by atoms with Crippen LogP contribution in [0.25, 0.3) is 33.4 Å². The van der Waals surface area contributed by atoms with Crippen LogP contribution in [0.4, 0.5) is 35.9 Å². The number of nitrogens with one attached hydrogen (secondary N) is 3. The SMILES string of the molecule is C=CCOc1cccc(NC(C)=O)c1.C=CCc1c(N)cccc1OCCCOc1cc(OCc2ccccc2)c(-c2ccc(F)cc2)cc1CC.C=CCc1c(NC(C)=O)cccc1OCCCOc1cc(OCc2ccccc2)c(-c2ccc(F)cc2)cc1CC.C=CCc1c(O)cccc1NC(C)=O.CCc1cc(-c2ccc(F)cc2)c(OCc2ccccc2)cc1OCCCCl. The molecule has 702 valence electrons. The number of anilines is 4. The summed E-state index contributed by atoms with van der Waals surface area (Å²) in [6, 6.07) is 84.9. The molecule has 0 unspecified atom stereocenters. The van der Waals surface area contributed by atoms with E-state index in [9.17, 15) is 32.7 Å². The third-order valence-electron chi connectivity index (χ3n) is 20.6. The Kier molecular flexibility index (Phi) is 43.6. The van der Waals surface area contributed by atoms with Gasteiger partial charge < -0.3 is 69.4 Å². The average molecular weight is 1850 g/mol. The number of rotatable bonds is 43. The van der Waals surface area contributed by atoms with Crippen LogP contribution >= 0.6 is 11.6 Å². The molecule has 13 aromatic carbocycles. The third kappa shape index (κ3) is 34.3. The molecule has 0 aliphatic rings. The van der Waals surface area contributed by atoms with Gasteiger partial charge in [-0.2, -0.15) is 0 Å². The third-order valence-corrected chi connectivity index (χ3v) is 20.9. The molecular weight excluding hydrogens is 1730 g/mol. The first-order chi connectivity index (χ1) is 65.6. The summed E-state index contributed by atoms with van der Waals surface area (Å²) >= 11 is 5.77. The maximum atomic E-state index is 13.6. The van der Waals surface area contributed by atoms with Crippen LogP contribution < -0.4 is 64.3 Å². The Balaban J connectivity index is 0.000000201. The molecule has 0 radical (unpaired) electrons. The van der Waals surface area contributed by atoms with Gasteiger partial charge in [0.05, 0.1) is 33.0 Å². The van der Waals surface area contributed by atoms with Crippen molar-refractivity contribution >= 4 is 52.1 Å². The number of amides is 3. The van der Waals surface area contributed by atoms with E-state index >= 15 is 0 Å². The number of allylic oxidation sites excluding steroid dienone is 3. The number of phenolic OH excluding ortho intramolecular Hbond substituents is 1. The molecule has 6 N–H and O–H groups in total. The first-order valence-corrected chi connectivity index (χ1v) is 45.5. The molecule has 135 heavy (non-hydrogen) atoms. The lowest BCUT2D eigenvalue weighted by Gasteiger charge is -2.18. The van der Waals surface area contributed by atoms with E-state index in [1.54, 1.807) is 78.9 Å². The molecule has 3 amide bonds. The summed E-state index contributed by atoms with van der Waals surface area (Å²) in [6.07, 6.45) is 13.2. The molecule has 0 atom stereocenters. The van der Waals surface area contributed by atoms with Gasteiger partial charge in [-0.05, 0) is 198 Å². The summed E-state index contributed by atoms with van der Waals surface area (Å²) in [5.41, 5.74) is 23.2. The highest BCUT2D eigenvalue weighted by Gasteiger charge is 2.20. The van der Waals surface area contributed by atoms with Gasteiger partial charge in [-0.25, -0.2) is 13.2 Å². The Morgan fingerprint density at radius 2 is 0.704 bits per heavy atom. The van der Waals surface area contributed by atoms with Crippen molar-refractivity contribution in [2.75, 3.05) is 67.2 Å². The van der Waals surface area contributed by atoms with E-state index in [0.29, 0.717) is 137 Å². The quantitative estimate of drug-likeness (QED) is 0.0104. The van der Waals surface area contributed by atoms with Crippen molar-refractivity contribution in [1.29, 1.82) is 0 Å². The number of carbonyl (C=O) groups excluding carboxylic acids is 3. The molecular formula is C114H120ClF3N4O13. The molecule has 0 spiro atoms. The number of ether oxygens (including phenoxy) is 9. The summed E-state index contributed by atoms with van der Waals surface area (Å²) in [5, 5.41) is 17.7. The van der Waals surface area contributed by atoms with Crippen LogP contribution in [-0.2, 0) is 72.7 Å². The Morgan fingerprint density at radius 1 is 0.356 bits per heavy atom. The predicted octanol–water partition coefficient (Wildman–Crippen LogP) is 26.9. The Labute approximate surface area is 797 Å². The molecule has 0 saturated carbocycles. The highest BCUT2D eigenvalue weighted by molar-refractivity contribution is 6.17. The van der Waals surface area contributed by atoms with E-state index in [0.717, 1.165) is 144 Å². The minimum atomic E-state index is -0.281. The number of nitrogens with two attached hydrogens (primary N) is 1. The first-order valence-electron chi connectivity index (χ1n) is 44.9. The topological polar surface area (TPSA) is 217 Å². The number of aromatic hydroxyl groups is 1. The van der Waals surface area contributed by atoms with Gasteiger partial charge in [0.2, 0.25) is 17.7 Å². The molecule has 13 aromatic rings.